The van der Waals surface area contributed by atoms with Gasteiger partial charge in [0.1, 0.15) is 5.75 Å². The summed E-state index contributed by atoms with van der Waals surface area (Å²) in [6.07, 6.45) is 3.53. The Hall–Kier alpha value is -1.06. The van der Waals surface area contributed by atoms with E-state index in [1.807, 2.05) is 24.3 Å². The average molecular weight is 250 g/mol. The molecule has 1 fully saturated rings. The van der Waals surface area contributed by atoms with Gasteiger partial charge in [0.05, 0.1) is 13.2 Å². The van der Waals surface area contributed by atoms with Crippen molar-refractivity contribution >= 4 is 0 Å². The third-order valence-electron chi connectivity index (χ3n) is 3.58. The van der Waals surface area contributed by atoms with Crippen LogP contribution in [0.4, 0.5) is 0 Å². The quantitative estimate of drug-likeness (QED) is 0.872. The SMILES string of the molecule is COc1ccc(CC(O)CC2CCOCC2)cc1. The van der Waals surface area contributed by atoms with Gasteiger partial charge >= 0.3 is 0 Å². The molecule has 2 rings (SSSR count). The number of hydrogen-bond acceptors (Lipinski definition) is 3. The van der Waals surface area contributed by atoms with E-state index < -0.39 is 0 Å². The van der Waals surface area contributed by atoms with E-state index in [9.17, 15) is 5.11 Å². The van der Waals surface area contributed by atoms with Crippen LogP contribution in [-0.2, 0) is 11.2 Å². The summed E-state index contributed by atoms with van der Waals surface area (Å²) in [4.78, 5) is 0. The lowest BCUT2D eigenvalue weighted by atomic mass is 9.91. The minimum Gasteiger partial charge on any atom is -0.497 e. The van der Waals surface area contributed by atoms with Gasteiger partial charge in [0.15, 0.2) is 0 Å². The minimum atomic E-state index is -0.249. The summed E-state index contributed by atoms with van der Waals surface area (Å²) in [5.41, 5.74) is 1.16. The molecule has 0 aromatic heterocycles. The van der Waals surface area contributed by atoms with Crippen molar-refractivity contribution in [3.05, 3.63) is 29.8 Å². The Morgan fingerprint density at radius 2 is 1.94 bits per heavy atom. The molecule has 0 amide bonds. The third-order valence-corrected chi connectivity index (χ3v) is 3.58. The summed E-state index contributed by atoms with van der Waals surface area (Å²) in [6, 6.07) is 7.92. The van der Waals surface area contributed by atoms with Gasteiger partial charge in [-0.3, -0.25) is 0 Å². The van der Waals surface area contributed by atoms with Crippen molar-refractivity contribution in [3.8, 4) is 5.75 Å². The summed E-state index contributed by atoms with van der Waals surface area (Å²) in [5.74, 6) is 1.48. The monoisotopic (exact) mass is 250 g/mol. The predicted molar refractivity (Wildman–Crippen MR) is 70.9 cm³/mol. The van der Waals surface area contributed by atoms with E-state index >= 15 is 0 Å². The number of ether oxygens (including phenoxy) is 2. The second-order valence-corrected chi connectivity index (χ2v) is 5.00. The van der Waals surface area contributed by atoms with E-state index in [2.05, 4.69) is 0 Å². The Morgan fingerprint density at radius 1 is 1.28 bits per heavy atom. The van der Waals surface area contributed by atoms with Crippen molar-refractivity contribution in [2.24, 2.45) is 5.92 Å². The number of aliphatic hydroxyl groups is 1. The van der Waals surface area contributed by atoms with Gasteiger partial charge < -0.3 is 14.6 Å². The smallest absolute Gasteiger partial charge is 0.118 e. The maximum absolute atomic E-state index is 10.1. The first-order chi connectivity index (χ1) is 8.78. The number of benzene rings is 1. The Bertz CT molecular complexity index is 341. The first-order valence-electron chi connectivity index (χ1n) is 6.66. The zero-order valence-corrected chi connectivity index (χ0v) is 11.0. The molecule has 0 bridgehead atoms. The van der Waals surface area contributed by atoms with Gasteiger partial charge in [-0.25, -0.2) is 0 Å². The van der Waals surface area contributed by atoms with E-state index in [1.165, 1.54) is 0 Å². The van der Waals surface area contributed by atoms with Crippen LogP contribution in [0.5, 0.6) is 5.75 Å². The maximum Gasteiger partial charge on any atom is 0.118 e. The van der Waals surface area contributed by atoms with E-state index in [0.29, 0.717) is 5.92 Å². The van der Waals surface area contributed by atoms with Crippen LogP contribution in [0.1, 0.15) is 24.8 Å². The molecule has 100 valence electrons. The molecule has 1 atom stereocenters. The number of aliphatic hydroxyl groups excluding tert-OH is 1. The fourth-order valence-corrected chi connectivity index (χ4v) is 2.48. The fourth-order valence-electron chi connectivity index (χ4n) is 2.48. The van der Waals surface area contributed by atoms with Gasteiger partial charge in [-0.05, 0) is 49.3 Å². The largest absolute Gasteiger partial charge is 0.497 e. The van der Waals surface area contributed by atoms with E-state index in [4.69, 9.17) is 9.47 Å². The van der Waals surface area contributed by atoms with Crippen molar-refractivity contribution < 1.29 is 14.6 Å². The molecule has 1 aliphatic rings. The van der Waals surface area contributed by atoms with Crippen molar-refractivity contribution in [2.45, 2.75) is 31.8 Å². The van der Waals surface area contributed by atoms with Crippen LogP contribution in [0, 0.1) is 5.92 Å². The first-order valence-corrected chi connectivity index (χ1v) is 6.66. The molecule has 0 saturated carbocycles. The van der Waals surface area contributed by atoms with Crippen LogP contribution in [-0.4, -0.2) is 31.5 Å². The molecular formula is C15H22O3. The van der Waals surface area contributed by atoms with E-state index in [0.717, 1.165) is 50.2 Å². The average Bonchev–Trinajstić information content (AvgIpc) is 2.40. The highest BCUT2D eigenvalue weighted by Crippen LogP contribution is 2.22. The lowest BCUT2D eigenvalue weighted by Gasteiger charge is -2.24. The standard InChI is InChI=1S/C15H22O3/c1-17-15-4-2-12(3-5-15)10-14(16)11-13-6-8-18-9-7-13/h2-5,13-14,16H,6-11H2,1H3. The fraction of sp³-hybridized carbons (Fsp3) is 0.600. The van der Waals surface area contributed by atoms with Crippen molar-refractivity contribution in [3.63, 3.8) is 0 Å². The third kappa shape index (κ3) is 4.00. The molecule has 1 heterocycles. The Morgan fingerprint density at radius 3 is 2.56 bits per heavy atom. The van der Waals surface area contributed by atoms with Gasteiger partial charge in [0.25, 0.3) is 0 Å². The molecule has 18 heavy (non-hydrogen) atoms. The summed E-state index contributed by atoms with van der Waals surface area (Å²) >= 11 is 0. The highest BCUT2D eigenvalue weighted by atomic mass is 16.5. The van der Waals surface area contributed by atoms with Crippen molar-refractivity contribution in [1.29, 1.82) is 0 Å². The molecule has 0 spiro atoms. The molecule has 3 heteroatoms. The van der Waals surface area contributed by atoms with Gasteiger partial charge in [0, 0.05) is 13.2 Å². The van der Waals surface area contributed by atoms with Crippen LogP contribution in [0.25, 0.3) is 0 Å². The van der Waals surface area contributed by atoms with E-state index in [-0.39, 0.29) is 6.10 Å². The number of rotatable bonds is 5. The summed E-state index contributed by atoms with van der Waals surface area (Å²) in [7, 11) is 1.66. The predicted octanol–water partition coefficient (Wildman–Crippen LogP) is 2.42. The summed E-state index contributed by atoms with van der Waals surface area (Å²) < 4.78 is 10.4. The molecular weight excluding hydrogens is 228 g/mol. The van der Waals surface area contributed by atoms with Crippen LogP contribution >= 0.6 is 0 Å². The van der Waals surface area contributed by atoms with Gasteiger partial charge in [-0.15, -0.1) is 0 Å². The van der Waals surface area contributed by atoms with Crippen LogP contribution in [0.2, 0.25) is 0 Å². The van der Waals surface area contributed by atoms with Gasteiger partial charge in [0.2, 0.25) is 0 Å². The zero-order chi connectivity index (χ0) is 12.8. The molecule has 1 aromatic rings. The second kappa shape index (κ2) is 6.76. The topological polar surface area (TPSA) is 38.7 Å². The Labute approximate surface area is 109 Å². The molecule has 1 aromatic carbocycles. The molecule has 0 aliphatic carbocycles. The normalized spacial score (nSPS) is 18.6. The highest BCUT2D eigenvalue weighted by Gasteiger charge is 2.18. The van der Waals surface area contributed by atoms with Crippen LogP contribution in [0.15, 0.2) is 24.3 Å². The molecule has 1 saturated heterocycles. The first kappa shape index (κ1) is 13.4. The minimum absolute atomic E-state index is 0.249. The molecule has 0 radical (unpaired) electrons. The second-order valence-electron chi connectivity index (χ2n) is 5.00. The number of hydrogen-bond donors (Lipinski definition) is 1. The number of methoxy groups -OCH3 is 1. The molecule has 1 aliphatic heterocycles. The molecule has 1 N–H and O–H groups in total. The van der Waals surface area contributed by atoms with Crippen LogP contribution < -0.4 is 4.74 Å². The van der Waals surface area contributed by atoms with Crippen molar-refractivity contribution in [2.75, 3.05) is 20.3 Å². The maximum atomic E-state index is 10.1. The highest BCUT2D eigenvalue weighted by molar-refractivity contribution is 5.27. The Balaban J connectivity index is 1.80. The summed E-state index contributed by atoms with van der Waals surface area (Å²) in [6.45, 7) is 1.69. The summed E-state index contributed by atoms with van der Waals surface area (Å²) in [5, 5.41) is 10.1. The zero-order valence-electron chi connectivity index (χ0n) is 11.0. The van der Waals surface area contributed by atoms with Gasteiger partial charge in [-0.2, -0.15) is 0 Å². The Kier molecular flexibility index (Phi) is 5.02. The van der Waals surface area contributed by atoms with Crippen molar-refractivity contribution in [1.82, 2.24) is 0 Å². The van der Waals surface area contributed by atoms with Gasteiger partial charge in [-0.1, -0.05) is 12.1 Å². The lowest BCUT2D eigenvalue weighted by Crippen LogP contribution is -2.22. The van der Waals surface area contributed by atoms with E-state index in [1.54, 1.807) is 7.11 Å². The van der Waals surface area contributed by atoms with Crippen LogP contribution in [0.3, 0.4) is 0 Å². The lowest BCUT2D eigenvalue weighted by molar-refractivity contribution is 0.0439. The molecule has 1 unspecified atom stereocenters. The molecule has 3 nitrogen and oxygen atoms in total.